The molecule has 1 atom stereocenters. The molecule has 2 aromatic heterocycles. The highest BCUT2D eigenvalue weighted by Crippen LogP contribution is 2.22. The fourth-order valence-electron chi connectivity index (χ4n) is 1.68. The van der Waals surface area contributed by atoms with Crippen LogP contribution in [0, 0.1) is 0 Å². The number of nitrogens with zero attached hydrogens (tertiary/aromatic N) is 2. The van der Waals surface area contributed by atoms with Crippen molar-refractivity contribution in [2.45, 2.75) is 6.04 Å². The van der Waals surface area contributed by atoms with Gasteiger partial charge in [0.1, 0.15) is 5.69 Å². The van der Waals surface area contributed by atoms with Gasteiger partial charge in [0.05, 0.1) is 5.69 Å². The number of carbonyl (C=O) groups excluding carboxylic acids is 2. The molecule has 1 fully saturated rings. The van der Waals surface area contributed by atoms with Crippen molar-refractivity contribution in [2.75, 3.05) is 0 Å². The minimum atomic E-state index is -0.831. The van der Waals surface area contributed by atoms with E-state index in [0.29, 0.717) is 11.4 Å². The molecule has 0 radical (unpaired) electrons. The Morgan fingerprint density at radius 3 is 2.78 bits per heavy atom. The second-order valence-corrected chi connectivity index (χ2v) is 3.73. The first kappa shape index (κ1) is 10.5. The van der Waals surface area contributed by atoms with E-state index in [4.69, 9.17) is 4.52 Å². The van der Waals surface area contributed by atoms with E-state index in [1.807, 2.05) is 6.07 Å². The molecular weight excluding hydrogens is 236 g/mol. The lowest BCUT2D eigenvalue weighted by Crippen LogP contribution is -2.22. The smallest absolute Gasteiger partial charge is 0.322 e. The van der Waals surface area contributed by atoms with Crippen LogP contribution in [0.3, 0.4) is 0 Å². The van der Waals surface area contributed by atoms with Crippen LogP contribution in [-0.2, 0) is 4.79 Å². The first-order valence-corrected chi connectivity index (χ1v) is 5.23. The third kappa shape index (κ3) is 1.71. The van der Waals surface area contributed by atoms with Crippen LogP contribution in [0.2, 0.25) is 0 Å². The Morgan fingerprint density at radius 2 is 2.11 bits per heavy atom. The summed E-state index contributed by atoms with van der Waals surface area (Å²) in [6, 6.07) is 5.59. The third-order valence-electron chi connectivity index (χ3n) is 2.51. The topological polar surface area (TPSA) is 97.1 Å². The van der Waals surface area contributed by atoms with E-state index < -0.39 is 18.0 Å². The average molecular weight is 244 g/mol. The molecule has 1 aliphatic heterocycles. The van der Waals surface area contributed by atoms with E-state index >= 15 is 0 Å². The number of pyridine rings is 1. The zero-order valence-corrected chi connectivity index (χ0v) is 9.08. The van der Waals surface area contributed by atoms with Gasteiger partial charge in [0.15, 0.2) is 11.8 Å². The monoisotopic (exact) mass is 244 g/mol. The van der Waals surface area contributed by atoms with Crippen molar-refractivity contribution in [1.29, 1.82) is 0 Å². The van der Waals surface area contributed by atoms with E-state index in [2.05, 4.69) is 20.8 Å². The standard InChI is InChI=1S/C11H8N4O3/c16-10-9(13-11(17)14-10)8-5-7(15-18-8)6-3-1-2-4-12-6/h1-5,9H,(H2,13,14,16,17)/t9-/m0/s1. The maximum atomic E-state index is 11.4. The highest BCUT2D eigenvalue weighted by atomic mass is 16.5. The third-order valence-corrected chi connectivity index (χ3v) is 2.51. The molecule has 90 valence electrons. The molecule has 2 aromatic rings. The van der Waals surface area contributed by atoms with Crippen LogP contribution in [0.1, 0.15) is 11.8 Å². The summed E-state index contributed by atoms with van der Waals surface area (Å²) in [5.41, 5.74) is 1.15. The van der Waals surface area contributed by atoms with Gasteiger partial charge in [-0.1, -0.05) is 11.2 Å². The summed E-state index contributed by atoms with van der Waals surface area (Å²) in [5, 5.41) is 8.37. The Hall–Kier alpha value is -2.70. The Morgan fingerprint density at radius 1 is 1.22 bits per heavy atom. The number of aromatic nitrogens is 2. The maximum Gasteiger partial charge on any atom is 0.322 e. The van der Waals surface area contributed by atoms with Crippen LogP contribution in [0.15, 0.2) is 35.0 Å². The second kappa shape index (κ2) is 3.95. The molecule has 18 heavy (non-hydrogen) atoms. The number of hydrogen-bond acceptors (Lipinski definition) is 5. The molecule has 0 saturated carbocycles. The molecule has 3 heterocycles. The number of amides is 3. The number of imide groups is 1. The SMILES string of the molecule is O=C1NC(=O)[C@H](c2cc(-c3ccccn3)no2)N1. The summed E-state index contributed by atoms with van der Waals surface area (Å²) in [5.74, 6) is -0.178. The van der Waals surface area contributed by atoms with Crippen molar-refractivity contribution >= 4 is 11.9 Å². The Labute approximate surface area is 101 Å². The lowest BCUT2D eigenvalue weighted by molar-refractivity contribution is -0.120. The lowest BCUT2D eigenvalue weighted by atomic mass is 10.2. The maximum absolute atomic E-state index is 11.4. The van der Waals surface area contributed by atoms with Gasteiger partial charge in [-0.15, -0.1) is 0 Å². The predicted octanol–water partition coefficient (Wildman–Crippen LogP) is 0.617. The zero-order valence-electron chi connectivity index (χ0n) is 9.08. The van der Waals surface area contributed by atoms with E-state index in [-0.39, 0.29) is 5.76 Å². The van der Waals surface area contributed by atoms with E-state index in [0.717, 1.165) is 0 Å². The van der Waals surface area contributed by atoms with Crippen molar-refractivity contribution < 1.29 is 14.1 Å². The molecule has 0 aliphatic carbocycles. The van der Waals surface area contributed by atoms with Crippen LogP contribution >= 0.6 is 0 Å². The fraction of sp³-hybridized carbons (Fsp3) is 0.0909. The molecule has 2 N–H and O–H groups in total. The molecule has 0 aromatic carbocycles. The van der Waals surface area contributed by atoms with E-state index in [9.17, 15) is 9.59 Å². The Kier molecular flexibility index (Phi) is 2.30. The fourth-order valence-corrected chi connectivity index (χ4v) is 1.68. The van der Waals surface area contributed by atoms with Gasteiger partial charge in [0, 0.05) is 12.3 Å². The Balaban J connectivity index is 1.91. The van der Waals surface area contributed by atoms with Gasteiger partial charge in [0.2, 0.25) is 0 Å². The number of hydrogen-bond donors (Lipinski definition) is 2. The summed E-state index contributed by atoms with van der Waals surface area (Å²) in [6.07, 6.45) is 1.63. The van der Waals surface area contributed by atoms with Gasteiger partial charge >= 0.3 is 6.03 Å². The summed E-state index contributed by atoms with van der Waals surface area (Å²) in [6.45, 7) is 0. The van der Waals surface area contributed by atoms with E-state index in [1.165, 1.54) is 0 Å². The molecule has 7 nitrogen and oxygen atoms in total. The summed E-state index contributed by atoms with van der Waals surface area (Å²) < 4.78 is 5.06. The van der Waals surface area contributed by atoms with E-state index in [1.54, 1.807) is 24.4 Å². The van der Waals surface area contributed by atoms with Gasteiger partial charge in [0.25, 0.3) is 5.91 Å². The summed E-state index contributed by atoms with van der Waals surface area (Å²) in [4.78, 5) is 26.5. The van der Waals surface area contributed by atoms with Gasteiger partial charge < -0.3 is 9.84 Å². The normalized spacial score (nSPS) is 18.6. The van der Waals surface area contributed by atoms with Crippen molar-refractivity contribution in [3.8, 4) is 11.4 Å². The number of urea groups is 1. The largest absolute Gasteiger partial charge is 0.358 e. The first-order chi connectivity index (χ1) is 8.74. The average Bonchev–Trinajstić information content (AvgIpc) is 2.97. The van der Waals surface area contributed by atoms with Crippen LogP contribution in [0.4, 0.5) is 4.79 Å². The molecule has 0 unspecified atom stereocenters. The minimum absolute atomic E-state index is 0.277. The Bertz CT molecular complexity index is 608. The van der Waals surface area contributed by atoms with Crippen LogP contribution in [-0.4, -0.2) is 22.1 Å². The van der Waals surface area contributed by atoms with Gasteiger partial charge in [-0.05, 0) is 12.1 Å². The highest BCUT2D eigenvalue weighted by Gasteiger charge is 2.34. The van der Waals surface area contributed by atoms with Crippen molar-refractivity contribution in [1.82, 2.24) is 20.8 Å². The van der Waals surface area contributed by atoms with Gasteiger partial charge in [-0.25, -0.2) is 4.79 Å². The first-order valence-electron chi connectivity index (χ1n) is 5.23. The number of carbonyl (C=O) groups is 2. The highest BCUT2D eigenvalue weighted by molar-refractivity contribution is 6.04. The van der Waals surface area contributed by atoms with Crippen LogP contribution in [0.5, 0.6) is 0 Å². The van der Waals surface area contributed by atoms with Crippen molar-refractivity contribution in [3.05, 3.63) is 36.2 Å². The number of nitrogens with one attached hydrogen (secondary N) is 2. The summed E-state index contributed by atoms with van der Waals surface area (Å²) in [7, 11) is 0. The lowest BCUT2D eigenvalue weighted by Gasteiger charge is -1.99. The molecule has 1 saturated heterocycles. The van der Waals surface area contributed by atoms with Crippen LogP contribution < -0.4 is 10.6 Å². The molecule has 7 heteroatoms. The molecule has 0 bridgehead atoms. The quantitative estimate of drug-likeness (QED) is 0.754. The second-order valence-electron chi connectivity index (χ2n) is 3.73. The number of rotatable bonds is 2. The molecule has 0 spiro atoms. The molecule has 3 amide bonds. The molecule has 3 rings (SSSR count). The minimum Gasteiger partial charge on any atom is -0.358 e. The van der Waals surface area contributed by atoms with Gasteiger partial charge in [-0.3, -0.25) is 15.1 Å². The van der Waals surface area contributed by atoms with Crippen LogP contribution in [0.25, 0.3) is 11.4 Å². The zero-order chi connectivity index (χ0) is 12.5. The molecule has 1 aliphatic rings. The predicted molar refractivity (Wildman–Crippen MR) is 59.1 cm³/mol. The van der Waals surface area contributed by atoms with Crippen molar-refractivity contribution in [2.24, 2.45) is 0 Å². The summed E-state index contributed by atoms with van der Waals surface area (Å²) >= 11 is 0. The van der Waals surface area contributed by atoms with Gasteiger partial charge in [-0.2, -0.15) is 0 Å². The molecular formula is C11H8N4O3. The van der Waals surface area contributed by atoms with Crippen molar-refractivity contribution in [3.63, 3.8) is 0 Å².